The van der Waals surface area contributed by atoms with Crippen LogP contribution in [0.2, 0.25) is 5.02 Å². The van der Waals surface area contributed by atoms with Gasteiger partial charge in [0.2, 0.25) is 5.88 Å². The standard InChI is InChI=1S/C30H33ClF5N7O2/c1-41-6-2-4-18(41)14-42-8-9-44-27-21-25(23(33)24(38-27)19-10-17(37)11-20(31)22(19)30(34,35)36)39-28(40-26(21)42)45-15-29-5-3-7-43(29)13-16(32)12-29/h10-11,16,18H,2-9,12-15,37H2,1H3/t16-,18?,29+/m1/s1. The summed E-state index contributed by atoms with van der Waals surface area (Å²) in [5.74, 6) is -0.908. The number of benzene rings is 1. The third-order valence-corrected chi connectivity index (χ3v) is 9.89. The lowest BCUT2D eigenvalue weighted by molar-refractivity contribution is -0.137. The molecule has 15 heteroatoms. The Bertz CT molecular complexity index is 1640. The molecular weight excluding hydrogens is 621 g/mol. The molecule has 242 valence electrons. The molecule has 0 spiro atoms. The van der Waals surface area contributed by atoms with Crippen LogP contribution in [-0.4, -0.2) is 95.5 Å². The number of aromatic nitrogens is 3. The van der Waals surface area contributed by atoms with Gasteiger partial charge in [-0.3, -0.25) is 4.90 Å². The van der Waals surface area contributed by atoms with E-state index in [-0.39, 0.29) is 47.7 Å². The van der Waals surface area contributed by atoms with E-state index in [9.17, 15) is 17.6 Å². The Morgan fingerprint density at radius 1 is 1.16 bits per heavy atom. The number of hydrogen-bond acceptors (Lipinski definition) is 9. The summed E-state index contributed by atoms with van der Waals surface area (Å²) in [6, 6.07) is 1.99. The van der Waals surface area contributed by atoms with E-state index in [1.807, 2.05) is 11.9 Å². The molecule has 0 bridgehead atoms. The fourth-order valence-corrected chi connectivity index (χ4v) is 7.77. The third kappa shape index (κ3) is 5.38. The number of ether oxygens (including phenoxy) is 2. The summed E-state index contributed by atoms with van der Waals surface area (Å²) in [5.41, 5.74) is 2.38. The molecule has 1 aromatic carbocycles. The lowest BCUT2D eigenvalue weighted by atomic mass is 9.95. The first-order valence-corrected chi connectivity index (χ1v) is 15.5. The van der Waals surface area contributed by atoms with Gasteiger partial charge in [0.05, 0.1) is 22.7 Å². The smallest absolute Gasteiger partial charge is 0.418 e. The first-order chi connectivity index (χ1) is 21.4. The molecule has 0 aliphatic carbocycles. The van der Waals surface area contributed by atoms with Crippen LogP contribution in [-0.2, 0) is 6.18 Å². The zero-order valence-corrected chi connectivity index (χ0v) is 25.4. The van der Waals surface area contributed by atoms with Crippen molar-refractivity contribution in [3.8, 4) is 23.1 Å². The molecule has 2 N–H and O–H groups in total. The number of hydrogen-bond donors (Lipinski definition) is 1. The average Bonchev–Trinajstić information content (AvgIpc) is 3.60. The number of anilines is 2. The molecule has 1 unspecified atom stereocenters. The van der Waals surface area contributed by atoms with Gasteiger partial charge in [-0.2, -0.15) is 23.1 Å². The summed E-state index contributed by atoms with van der Waals surface area (Å²) in [6.07, 6.45) is -1.97. The highest BCUT2D eigenvalue weighted by Gasteiger charge is 2.49. The minimum absolute atomic E-state index is 0.0930. The molecule has 3 atom stereocenters. The maximum atomic E-state index is 16.6. The number of nitrogens with two attached hydrogens (primary N) is 1. The van der Waals surface area contributed by atoms with Crippen molar-refractivity contribution in [2.24, 2.45) is 0 Å². The van der Waals surface area contributed by atoms with Gasteiger partial charge in [0.15, 0.2) is 5.82 Å². The number of fused-ring (bicyclic) bond motifs is 1. The van der Waals surface area contributed by atoms with Crippen molar-refractivity contribution in [3.63, 3.8) is 0 Å². The molecule has 9 nitrogen and oxygen atoms in total. The minimum Gasteiger partial charge on any atom is -0.475 e. The second-order valence-corrected chi connectivity index (χ2v) is 12.9. The lowest BCUT2D eigenvalue weighted by Gasteiger charge is -2.31. The van der Waals surface area contributed by atoms with Gasteiger partial charge in [0.25, 0.3) is 0 Å². The highest BCUT2D eigenvalue weighted by Crippen LogP contribution is 2.46. The summed E-state index contributed by atoms with van der Waals surface area (Å²) in [4.78, 5) is 19.7. The van der Waals surface area contributed by atoms with E-state index in [0.29, 0.717) is 31.9 Å². The van der Waals surface area contributed by atoms with E-state index in [2.05, 4.69) is 19.8 Å². The molecule has 4 aliphatic heterocycles. The summed E-state index contributed by atoms with van der Waals surface area (Å²) >= 11 is 6.00. The van der Waals surface area contributed by atoms with Crippen molar-refractivity contribution < 1.29 is 31.4 Å². The summed E-state index contributed by atoms with van der Waals surface area (Å²) in [5, 5.41) is -0.552. The van der Waals surface area contributed by atoms with E-state index >= 15 is 4.39 Å². The normalized spacial score (nSPS) is 25.5. The van der Waals surface area contributed by atoms with E-state index in [0.717, 1.165) is 50.9 Å². The average molecular weight is 654 g/mol. The van der Waals surface area contributed by atoms with Crippen molar-refractivity contribution in [1.82, 2.24) is 24.8 Å². The monoisotopic (exact) mass is 653 g/mol. The van der Waals surface area contributed by atoms with E-state index in [1.165, 1.54) is 0 Å². The van der Waals surface area contributed by atoms with Gasteiger partial charge in [-0.15, -0.1) is 0 Å². The lowest BCUT2D eigenvalue weighted by Crippen LogP contribution is -2.43. The molecule has 0 radical (unpaired) electrons. The highest BCUT2D eigenvalue weighted by atomic mass is 35.5. The Kier molecular flexibility index (Phi) is 7.59. The highest BCUT2D eigenvalue weighted by molar-refractivity contribution is 6.32. The summed E-state index contributed by atoms with van der Waals surface area (Å²) in [6.45, 7) is 3.15. The Morgan fingerprint density at radius 3 is 2.73 bits per heavy atom. The van der Waals surface area contributed by atoms with Gasteiger partial charge in [0.1, 0.15) is 41.8 Å². The van der Waals surface area contributed by atoms with Gasteiger partial charge in [-0.25, -0.2) is 13.8 Å². The molecule has 0 saturated carbocycles. The van der Waals surface area contributed by atoms with Crippen LogP contribution in [0, 0.1) is 5.82 Å². The Hall–Kier alpha value is -3.23. The van der Waals surface area contributed by atoms with Crippen LogP contribution in [0.3, 0.4) is 0 Å². The summed E-state index contributed by atoms with van der Waals surface area (Å²) < 4.78 is 85.8. The topological polar surface area (TPSA) is 92.9 Å². The number of likely N-dealkylation sites (tertiary alicyclic amines) is 1. The van der Waals surface area contributed by atoms with Crippen LogP contribution < -0.4 is 20.1 Å². The number of nitrogens with zero attached hydrogens (tertiary/aromatic N) is 6. The van der Waals surface area contributed by atoms with Crippen LogP contribution in [0.5, 0.6) is 11.9 Å². The summed E-state index contributed by atoms with van der Waals surface area (Å²) in [7, 11) is 2.04. The SMILES string of the molecule is CN1CCCC1CN1CCOc2nc(-c3cc(N)cc(Cl)c3C(F)(F)F)c(F)c3nc(OC[C@@]45CCCN4C[C@H](F)C5)nc1c23. The van der Waals surface area contributed by atoms with Crippen LogP contribution in [0.4, 0.5) is 33.5 Å². The Morgan fingerprint density at radius 2 is 1.98 bits per heavy atom. The predicted octanol–water partition coefficient (Wildman–Crippen LogP) is 5.33. The van der Waals surface area contributed by atoms with Crippen molar-refractivity contribution >= 4 is 34.0 Å². The predicted molar refractivity (Wildman–Crippen MR) is 159 cm³/mol. The molecule has 2 aromatic heterocycles. The fraction of sp³-hybridized carbons (Fsp3) is 0.567. The van der Waals surface area contributed by atoms with Crippen LogP contribution in [0.25, 0.3) is 22.2 Å². The number of likely N-dealkylation sites (N-methyl/N-ethyl adjacent to an activating group) is 1. The first-order valence-electron chi connectivity index (χ1n) is 15.1. The third-order valence-electron chi connectivity index (χ3n) is 9.60. The van der Waals surface area contributed by atoms with E-state index in [1.54, 1.807) is 0 Å². The molecular formula is C30H33ClF5N7O2. The molecule has 7 rings (SSSR count). The van der Waals surface area contributed by atoms with E-state index < -0.39 is 45.5 Å². The van der Waals surface area contributed by atoms with Crippen LogP contribution >= 0.6 is 11.6 Å². The largest absolute Gasteiger partial charge is 0.475 e. The van der Waals surface area contributed by atoms with Gasteiger partial charge in [0, 0.05) is 36.8 Å². The first kappa shape index (κ1) is 30.4. The molecule has 4 aliphatic rings. The van der Waals surface area contributed by atoms with Crippen molar-refractivity contribution in [3.05, 3.63) is 28.5 Å². The fourth-order valence-electron chi connectivity index (χ4n) is 7.43. The number of pyridine rings is 1. The minimum atomic E-state index is -4.94. The van der Waals surface area contributed by atoms with E-state index in [4.69, 9.17) is 31.8 Å². The Labute approximate surface area is 261 Å². The van der Waals surface area contributed by atoms with Crippen molar-refractivity contribution in [1.29, 1.82) is 0 Å². The zero-order valence-electron chi connectivity index (χ0n) is 24.6. The maximum absolute atomic E-state index is 16.6. The molecule has 3 aromatic rings. The molecule has 6 heterocycles. The second kappa shape index (κ2) is 11.2. The molecule has 45 heavy (non-hydrogen) atoms. The van der Waals surface area contributed by atoms with Gasteiger partial charge in [-0.05, 0) is 58.0 Å². The van der Waals surface area contributed by atoms with Gasteiger partial charge < -0.3 is 25.0 Å². The van der Waals surface area contributed by atoms with Crippen LogP contribution in [0.15, 0.2) is 12.1 Å². The van der Waals surface area contributed by atoms with Gasteiger partial charge in [-0.1, -0.05) is 11.6 Å². The second-order valence-electron chi connectivity index (χ2n) is 12.5. The molecule has 3 saturated heterocycles. The molecule has 0 amide bonds. The van der Waals surface area contributed by atoms with Gasteiger partial charge >= 0.3 is 12.2 Å². The Balaban J connectivity index is 1.38. The van der Waals surface area contributed by atoms with Crippen molar-refractivity contribution in [2.45, 2.75) is 56.0 Å². The number of nitrogen functional groups attached to an aromatic ring is 1. The van der Waals surface area contributed by atoms with Crippen molar-refractivity contribution in [2.75, 3.05) is 63.6 Å². The zero-order chi connectivity index (χ0) is 31.7. The maximum Gasteiger partial charge on any atom is 0.418 e. The number of halogens is 6. The van der Waals surface area contributed by atoms with Crippen LogP contribution in [0.1, 0.15) is 37.7 Å². The molecule has 3 fully saturated rings. The number of alkyl halides is 4. The quantitative estimate of drug-likeness (QED) is 0.280. The number of rotatable bonds is 6.